The SMILES string of the molecule is COC1(c2nc(C3CCOCC3)no2)CCN(c2ncccc2C(F)(F)F)CC1. The first-order valence-electron chi connectivity index (χ1n) is 9.67. The topological polar surface area (TPSA) is 73.5 Å². The molecule has 2 aromatic heterocycles. The third-order valence-corrected chi connectivity index (χ3v) is 5.77. The second-order valence-corrected chi connectivity index (χ2v) is 7.40. The van der Waals surface area contributed by atoms with Crippen molar-refractivity contribution in [1.82, 2.24) is 15.1 Å². The van der Waals surface area contributed by atoms with E-state index in [1.165, 1.54) is 12.3 Å². The number of pyridine rings is 1. The molecule has 0 saturated carbocycles. The second kappa shape index (κ2) is 7.91. The summed E-state index contributed by atoms with van der Waals surface area (Å²) in [6.45, 7) is 2.01. The molecule has 158 valence electrons. The summed E-state index contributed by atoms with van der Waals surface area (Å²) in [5, 5.41) is 4.14. The molecule has 0 bridgehead atoms. The first-order valence-corrected chi connectivity index (χ1v) is 9.67. The minimum atomic E-state index is -4.45. The zero-order chi connectivity index (χ0) is 20.5. The molecule has 2 aliphatic rings. The highest BCUT2D eigenvalue weighted by molar-refractivity contribution is 5.49. The lowest BCUT2D eigenvalue weighted by Gasteiger charge is -2.39. The minimum absolute atomic E-state index is 0.0573. The molecule has 2 fully saturated rings. The van der Waals surface area contributed by atoms with Crippen LogP contribution < -0.4 is 4.90 Å². The van der Waals surface area contributed by atoms with E-state index < -0.39 is 17.3 Å². The van der Waals surface area contributed by atoms with Crippen molar-refractivity contribution in [3.8, 4) is 0 Å². The molecule has 7 nitrogen and oxygen atoms in total. The van der Waals surface area contributed by atoms with Crippen molar-refractivity contribution in [2.45, 2.75) is 43.4 Å². The first kappa shape index (κ1) is 20.1. The number of alkyl halides is 3. The van der Waals surface area contributed by atoms with Gasteiger partial charge in [-0.05, 0) is 25.0 Å². The molecule has 4 heterocycles. The fourth-order valence-electron chi connectivity index (χ4n) is 4.00. The van der Waals surface area contributed by atoms with E-state index >= 15 is 0 Å². The number of anilines is 1. The van der Waals surface area contributed by atoms with Gasteiger partial charge in [0, 0.05) is 58.4 Å². The predicted octanol–water partition coefficient (Wildman–Crippen LogP) is 3.52. The van der Waals surface area contributed by atoms with Gasteiger partial charge in [-0.15, -0.1) is 0 Å². The van der Waals surface area contributed by atoms with Crippen molar-refractivity contribution in [1.29, 1.82) is 0 Å². The monoisotopic (exact) mass is 412 g/mol. The summed E-state index contributed by atoms with van der Waals surface area (Å²) < 4.78 is 56.7. The Labute approximate surface area is 166 Å². The number of halogens is 3. The van der Waals surface area contributed by atoms with Crippen LogP contribution in [0.5, 0.6) is 0 Å². The fourth-order valence-corrected chi connectivity index (χ4v) is 4.00. The predicted molar refractivity (Wildman–Crippen MR) is 96.5 cm³/mol. The van der Waals surface area contributed by atoms with E-state index in [9.17, 15) is 13.2 Å². The zero-order valence-corrected chi connectivity index (χ0v) is 16.1. The maximum atomic E-state index is 13.3. The van der Waals surface area contributed by atoms with Crippen LogP contribution in [-0.2, 0) is 21.3 Å². The molecule has 0 unspecified atom stereocenters. The largest absolute Gasteiger partial charge is 0.419 e. The van der Waals surface area contributed by atoms with Crippen molar-refractivity contribution >= 4 is 5.82 Å². The summed E-state index contributed by atoms with van der Waals surface area (Å²) in [4.78, 5) is 10.2. The van der Waals surface area contributed by atoms with Crippen LogP contribution in [-0.4, -0.2) is 48.5 Å². The summed E-state index contributed by atoms with van der Waals surface area (Å²) in [5.41, 5.74) is -1.54. The second-order valence-electron chi connectivity index (χ2n) is 7.40. The lowest BCUT2D eigenvalue weighted by Crippen LogP contribution is -2.45. The van der Waals surface area contributed by atoms with Gasteiger partial charge in [-0.25, -0.2) is 4.98 Å². The molecule has 0 radical (unpaired) electrons. The first-order chi connectivity index (χ1) is 13.9. The van der Waals surface area contributed by atoms with Gasteiger partial charge < -0.3 is 18.9 Å². The third-order valence-electron chi connectivity index (χ3n) is 5.77. The Hall–Kier alpha value is -2.20. The molecule has 2 aliphatic heterocycles. The molecular weight excluding hydrogens is 389 g/mol. The Balaban J connectivity index is 1.51. The molecular formula is C19H23F3N4O3. The van der Waals surface area contributed by atoms with Crippen LogP contribution in [0.15, 0.2) is 22.9 Å². The smallest absolute Gasteiger partial charge is 0.381 e. The summed E-state index contributed by atoms with van der Waals surface area (Å²) in [7, 11) is 1.57. The quantitative estimate of drug-likeness (QED) is 0.761. The van der Waals surface area contributed by atoms with Crippen molar-refractivity contribution in [2.24, 2.45) is 0 Å². The van der Waals surface area contributed by atoms with Gasteiger partial charge in [0.1, 0.15) is 11.4 Å². The van der Waals surface area contributed by atoms with Crippen LogP contribution in [0, 0.1) is 0 Å². The van der Waals surface area contributed by atoms with Crippen molar-refractivity contribution in [3.63, 3.8) is 0 Å². The van der Waals surface area contributed by atoms with E-state index in [4.69, 9.17) is 14.0 Å². The molecule has 10 heteroatoms. The van der Waals surface area contributed by atoms with Crippen molar-refractivity contribution in [2.75, 3.05) is 38.3 Å². The van der Waals surface area contributed by atoms with Crippen LogP contribution in [0.3, 0.4) is 0 Å². The number of hydrogen-bond donors (Lipinski definition) is 0. The third kappa shape index (κ3) is 3.95. The average Bonchev–Trinajstić information content (AvgIpc) is 3.25. The fraction of sp³-hybridized carbons (Fsp3) is 0.632. The van der Waals surface area contributed by atoms with Gasteiger partial charge in [0.2, 0.25) is 0 Å². The van der Waals surface area contributed by atoms with E-state index in [2.05, 4.69) is 15.1 Å². The Bertz CT molecular complexity index is 828. The summed E-state index contributed by atoms with van der Waals surface area (Å²) in [6, 6.07) is 2.35. The normalized spacial score (nSPS) is 20.8. The number of hydrogen-bond acceptors (Lipinski definition) is 7. The van der Waals surface area contributed by atoms with Gasteiger partial charge in [-0.3, -0.25) is 0 Å². The number of aromatic nitrogens is 3. The summed E-state index contributed by atoms with van der Waals surface area (Å²) >= 11 is 0. The van der Waals surface area contributed by atoms with Crippen LogP contribution >= 0.6 is 0 Å². The van der Waals surface area contributed by atoms with Crippen molar-refractivity contribution in [3.05, 3.63) is 35.6 Å². The van der Waals surface area contributed by atoms with Gasteiger partial charge in [-0.1, -0.05) is 5.16 Å². The molecule has 0 spiro atoms. The van der Waals surface area contributed by atoms with Gasteiger partial charge in [-0.2, -0.15) is 18.2 Å². The summed E-state index contributed by atoms with van der Waals surface area (Å²) in [6.07, 6.45) is -0.551. The standard InChI is InChI=1S/C19H23F3N4O3/c1-27-18(17-24-15(25-29-17)13-4-11-28-12-5-13)6-9-26(10-7-18)16-14(19(20,21)22)3-2-8-23-16/h2-3,8,13H,4-7,9-12H2,1H3. The minimum Gasteiger partial charge on any atom is -0.381 e. The van der Waals surface area contributed by atoms with Crippen LogP contribution in [0.2, 0.25) is 0 Å². The Kier molecular flexibility index (Phi) is 5.48. The lowest BCUT2D eigenvalue weighted by molar-refractivity contribution is -0.137. The number of methoxy groups -OCH3 is 1. The zero-order valence-electron chi connectivity index (χ0n) is 16.1. The number of rotatable bonds is 4. The number of ether oxygens (including phenoxy) is 2. The van der Waals surface area contributed by atoms with Crippen LogP contribution in [0.4, 0.5) is 19.0 Å². The molecule has 2 aromatic rings. The van der Waals surface area contributed by atoms with Gasteiger partial charge >= 0.3 is 6.18 Å². The van der Waals surface area contributed by atoms with Gasteiger partial charge in [0.25, 0.3) is 5.89 Å². The highest BCUT2D eigenvalue weighted by Gasteiger charge is 2.44. The molecule has 0 N–H and O–H groups in total. The Morgan fingerprint density at radius 1 is 1.21 bits per heavy atom. The Morgan fingerprint density at radius 2 is 1.93 bits per heavy atom. The molecule has 0 aliphatic carbocycles. The molecule has 4 rings (SSSR count). The van der Waals surface area contributed by atoms with E-state index in [0.717, 1.165) is 18.9 Å². The van der Waals surface area contributed by atoms with E-state index in [1.807, 2.05) is 0 Å². The maximum Gasteiger partial charge on any atom is 0.419 e. The van der Waals surface area contributed by atoms with E-state index in [0.29, 0.717) is 50.9 Å². The van der Waals surface area contributed by atoms with E-state index in [-0.39, 0.29) is 11.7 Å². The van der Waals surface area contributed by atoms with Crippen LogP contribution in [0.25, 0.3) is 0 Å². The van der Waals surface area contributed by atoms with E-state index in [1.54, 1.807) is 12.0 Å². The Morgan fingerprint density at radius 3 is 2.59 bits per heavy atom. The molecule has 29 heavy (non-hydrogen) atoms. The highest BCUT2D eigenvalue weighted by atomic mass is 19.4. The number of nitrogens with zero attached hydrogens (tertiary/aromatic N) is 4. The maximum absolute atomic E-state index is 13.3. The molecule has 0 amide bonds. The summed E-state index contributed by atoms with van der Waals surface area (Å²) in [5.74, 6) is 1.17. The molecule has 2 saturated heterocycles. The average molecular weight is 412 g/mol. The van der Waals surface area contributed by atoms with Crippen LogP contribution in [0.1, 0.15) is 48.9 Å². The van der Waals surface area contributed by atoms with Gasteiger partial charge in [0.05, 0.1) is 5.56 Å². The highest BCUT2D eigenvalue weighted by Crippen LogP contribution is 2.40. The lowest BCUT2D eigenvalue weighted by atomic mass is 9.90. The van der Waals surface area contributed by atoms with Gasteiger partial charge in [0.15, 0.2) is 5.82 Å². The van der Waals surface area contributed by atoms with Crippen molar-refractivity contribution < 1.29 is 27.2 Å². The molecule has 0 atom stereocenters. The number of piperidine rings is 1. The molecule has 0 aromatic carbocycles.